The highest BCUT2D eigenvalue weighted by Crippen LogP contribution is 2.00. The molecule has 1 rings (SSSR count). The molecule has 0 saturated heterocycles. The third-order valence-corrected chi connectivity index (χ3v) is 1.57. The van der Waals surface area contributed by atoms with E-state index in [-0.39, 0.29) is 0 Å². The molecule has 58 valence electrons. The van der Waals surface area contributed by atoms with Crippen LogP contribution in [0, 0.1) is 3.83 Å². The van der Waals surface area contributed by atoms with E-state index in [4.69, 9.17) is 0 Å². The van der Waals surface area contributed by atoms with Crippen molar-refractivity contribution in [3.05, 3.63) is 28.1 Å². The minimum absolute atomic E-state index is 0.730. The van der Waals surface area contributed by atoms with E-state index in [2.05, 4.69) is 44.1 Å². The van der Waals surface area contributed by atoms with E-state index < -0.39 is 0 Å². The first-order valence-corrected chi connectivity index (χ1v) is 4.24. The Hall–Kier alpha value is -0.520. The van der Waals surface area contributed by atoms with Gasteiger partial charge in [-0.15, -0.1) is 0 Å². The van der Waals surface area contributed by atoms with Crippen molar-refractivity contribution in [1.29, 1.82) is 0 Å². The Morgan fingerprint density at radius 2 is 2.36 bits per heavy atom. The van der Waals surface area contributed by atoms with E-state index in [1.54, 1.807) is 0 Å². The first-order valence-electron chi connectivity index (χ1n) is 3.16. The molecule has 0 amide bonds. The van der Waals surface area contributed by atoms with Crippen LogP contribution >= 0.6 is 22.6 Å². The van der Waals surface area contributed by atoms with Crippen LogP contribution in [0.25, 0.3) is 0 Å². The number of aromatic nitrogens is 3. The van der Waals surface area contributed by atoms with Crippen molar-refractivity contribution in [2.75, 3.05) is 0 Å². The van der Waals surface area contributed by atoms with Crippen LogP contribution in [0.1, 0.15) is 12.7 Å². The molecule has 0 N–H and O–H groups in total. The second-order valence-electron chi connectivity index (χ2n) is 2.30. The van der Waals surface area contributed by atoms with Crippen LogP contribution < -0.4 is 0 Å². The second-order valence-corrected chi connectivity index (χ2v) is 3.27. The molecule has 1 aromatic heterocycles. The lowest BCUT2D eigenvalue weighted by molar-refractivity contribution is 0.886. The summed E-state index contributed by atoms with van der Waals surface area (Å²) in [7, 11) is 0. The van der Waals surface area contributed by atoms with Crippen molar-refractivity contribution in [3.63, 3.8) is 0 Å². The van der Waals surface area contributed by atoms with Gasteiger partial charge < -0.3 is 0 Å². The highest BCUT2D eigenvalue weighted by Gasteiger charge is 1.96. The SMILES string of the molecule is C=C(C)Cc1ncnc(I)n1. The maximum absolute atomic E-state index is 4.12. The summed E-state index contributed by atoms with van der Waals surface area (Å²) in [4.78, 5) is 12.0. The fourth-order valence-corrected chi connectivity index (χ4v) is 1.07. The van der Waals surface area contributed by atoms with Crippen LogP contribution in [0.3, 0.4) is 0 Å². The van der Waals surface area contributed by atoms with Gasteiger partial charge in [-0.25, -0.2) is 15.0 Å². The Balaban J connectivity index is 2.79. The summed E-state index contributed by atoms with van der Waals surface area (Å²) in [6.45, 7) is 5.73. The van der Waals surface area contributed by atoms with Crippen LogP contribution in [0.15, 0.2) is 18.5 Å². The molecule has 0 atom stereocenters. The van der Waals surface area contributed by atoms with Gasteiger partial charge in [0.2, 0.25) is 0 Å². The molecular formula is C7H8IN3. The van der Waals surface area contributed by atoms with Gasteiger partial charge in [0, 0.05) is 29.0 Å². The molecule has 1 aromatic rings. The van der Waals surface area contributed by atoms with Gasteiger partial charge in [-0.2, -0.15) is 0 Å². The zero-order chi connectivity index (χ0) is 8.27. The zero-order valence-corrected chi connectivity index (χ0v) is 8.37. The minimum atomic E-state index is 0.730. The molecule has 0 spiro atoms. The van der Waals surface area contributed by atoms with Gasteiger partial charge in [-0.05, 0) is 6.92 Å². The molecule has 1 heterocycles. The molecule has 3 nitrogen and oxygen atoms in total. The van der Waals surface area contributed by atoms with Crippen molar-refractivity contribution in [2.45, 2.75) is 13.3 Å². The molecule has 0 saturated carbocycles. The monoisotopic (exact) mass is 261 g/mol. The lowest BCUT2D eigenvalue weighted by Crippen LogP contribution is -1.98. The predicted molar refractivity (Wildman–Crippen MR) is 51.1 cm³/mol. The van der Waals surface area contributed by atoms with Crippen molar-refractivity contribution in [3.8, 4) is 0 Å². The fraction of sp³-hybridized carbons (Fsp3) is 0.286. The van der Waals surface area contributed by atoms with Crippen molar-refractivity contribution in [1.82, 2.24) is 15.0 Å². The Kier molecular flexibility index (Phi) is 2.92. The smallest absolute Gasteiger partial charge is 0.193 e. The second kappa shape index (κ2) is 3.75. The summed E-state index contributed by atoms with van der Waals surface area (Å²) in [5, 5.41) is 0. The Labute approximate surface area is 79.1 Å². The number of halogens is 1. The van der Waals surface area contributed by atoms with Gasteiger partial charge >= 0.3 is 0 Å². The summed E-state index contributed by atoms with van der Waals surface area (Å²) in [6.07, 6.45) is 2.26. The summed E-state index contributed by atoms with van der Waals surface area (Å²) in [5.74, 6) is 0.789. The number of rotatable bonds is 2. The van der Waals surface area contributed by atoms with E-state index in [0.717, 1.165) is 21.6 Å². The van der Waals surface area contributed by atoms with Crippen LogP contribution in [0.4, 0.5) is 0 Å². The zero-order valence-electron chi connectivity index (χ0n) is 6.21. The van der Waals surface area contributed by atoms with Gasteiger partial charge in [0.25, 0.3) is 0 Å². The molecule has 0 aliphatic heterocycles. The Bertz CT molecular complexity index is 272. The number of hydrogen-bond donors (Lipinski definition) is 0. The third kappa shape index (κ3) is 2.92. The molecule has 11 heavy (non-hydrogen) atoms. The van der Waals surface area contributed by atoms with Crippen molar-refractivity contribution >= 4 is 22.6 Å². The van der Waals surface area contributed by atoms with Crippen LogP contribution in [-0.2, 0) is 6.42 Å². The summed E-state index contributed by atoms with van der Waals surface area (Å²) >= 11 is 2.06. The Morgan fingerprint density at radius 1 is 1.64 bits per heavy atom. The molecule has 0 aliphatic carbocycles. The summed E-state index contributed by atoms with van der Waals surface area (Å²) < 4.78 is 0.730. The molecular weight excluding hydrogens is 253 g/mol. The van der Waals surface area contributed by atoms with E-state index in [9.17, 15) is 0 Å². The number of hydrogen-bond acceptors (Lipinski definition) is 3. The molecule has 0 radical (unpaired) electrons. The predicted octanol–water partition coefficient (Wildman–Crippen LogP) is 1.59. The maximum atomic E-state index is 4.12. The average molecular weight is 261 g/mol. The topological polar surface area (TPSA) is 38.7 Å². The van der Waals surface area contributed by atoms with Gasteiger partial charge in [-0.3, -0.25) is 0 Å². The van der Waals surface area contributed by atoms with Gasteiger partial charge in [0.05, 0.1) is 0 Å². The van der Waals surface area contributed by atoms with Crippen LogP contribution in [0.2, 0.25) is 0 Å². The Morgan fingerprint density at radius 3 is 2.91 bits per heavy atom. The van der Waals surface area contributed by atoms with Crippen LogP contribution in [0.5, 0.6) is 0 Å². The lowest BCUT2D eigenvalue weighted by atomic mass is 10.2. The molecule has 0 bridgehead atoms. The molecule has 0 fully saturated rings. The summed E-state index contributed by atoms with van der Waals surface area (Å²) in [5.41, 5.74) is 1.06. The molecule has 0 unspecified atom stereocenters. The quantitative estimate of drug-likeness (QED) is 0.599. The van der Waals surface area contributed by atoms with Crippen molar-refractivity contribution < 1.29 is 0 Å². The van der Waals surface area contributed by atoms with E-state index >= 15 is 0 Å². The third-order valence-electron chi connectivity index (χ3n) is 1.05. The van der Waals surface area contributed by atoms with E-state index in [0.29, 0.717) is 0 Å². The largest absolute Gasteiger partial charge is 0.221 e. The van der Waals surface area contributed by atoms with E-state index in [1.165, 1.54) is 6.33 Å². The molecule has 4 heteroatoms. The number of allylic oxidation sites excluding steroid dienone is 1. The molecule has 0 aromatic carbocycles. The van der Waals surface area contributed by atoms with Gasteiger partial charge in [0.15, 0.2) is 3.83 Å². The van der Waals surface area contributed by atoms with Crippen molar-refractivity contribution in [2.24, 2.45) is 0 Å². The summed E-state index contributed by atoms with van der Waals surface area (Å²) in [6, 6.07) is 0. The maximum Gasteiger partial charge on any atom is 0.193 e. The first-order chi connectivity index (χ1) is 5.18. The number of nitrogens with zero attached hydrogens (tertiary/aromatic N) is 3. The molecule has 0 aliphatic rings. The van der Waals surface area contributed by atoms with Crippen LogP contribution in [-0.4, -0.2) is 15.0 Å². The fourth-order valence-electron chi connectivity index (χ4n) is 0.662. The average Bonchev–Trinajstić information content (AvgIpc) is 1.85. The van der Waals surface area contributed by atoms with E-state index in [1.807, 2.05) is 6.92 Å². The van der Waals surface area contributed by atoms with Gasteiger partial charge in [0.1, 0.15) is 12.2 Å². The normalized spacial score (nSPS) is 9.64. The standard InChI is InChI=1S/C7H8IN3/c1-5(2)3-6-9-4-10-7(8)11-6/h4H,1,3H2,2H3. The minimum Gasteiger partial charge on any atom is -0.221 e. The first kappa shape index (κ1) is 8.58. The highest BCUT2D eigenvalue weighted by atomic mass is 127. The van der Waals surface area contributed by atoms with Gasteiger partial charge in [-0.1, -0.05) is 12.2 Å². The highest BCUT2D eigenvalue weighted by molar-refractivity contribution is 14.1. The lowest BCUT2D eigenvalue weighted by Gasteiger charge is -1.96.